The van der Waals surface area contributed by atoms with Crippen LogP contribution in [0.25, 0.3) is 0 Å². The first kappa shape index (κ1) is 26.6. The smallest absolute Gasteiger partial charge is 0.386 e. The Morgan fingerprint density at radius 2 is 1.87 bits per heavy atom. The van der Waals surface area contributed by atoms with Gasteiger partial charge >= 0.3 is 23.5 Å². The number of nitrogens with one attached hydrogen (secondary N) is 1. The lowest BCUT2D eigenvalue weighted by atomic mass is 9.98. The van der Waals surface area contributed by atoms with Crippen LogP contribution in [0.15, 0.2) is 12.3 Å². The fourth-order valence-electron chi connectivity index (χ4n) is 2.36. The molecule has 174 valence electrons. The summed E-state index contributed by atoms with van der Waals surface area (Å²) in [6, 6.07) is 1.33. The van der Waals surface area contributed by atoms with Gasteiger partial charge in [-0.15, -0.1) is 6.42 Å². The Kier molecular flexibility index (Phi) is 7.98. The first-order valence-electron chi connectivity index (χ1n) is 7.58. The Bertz CT molecular complexity index is 1150. The number of aliphatic hydroxyl groups is 1. The van der Waals surface area contributed by atoms with Gasteiger partial charge in [0.2, 0.25) is 0 Å². The number of nitrogens with zero attached hydrogens (tertiary/aromatic N) is 1. The van der Waals surface area contributed by atoms with Crippen LogP contribution in [0.3, 0.4) is 0 Å². The van der Waals surface area contributed by atoms with Crippen molar-refractivity contribution >= 4 is 47.9 Å². The molecule has 6 N–H and O–H groups in total. The van der Waals surface area contributed by atoms with E-state index in [2.05, 4.69) is 18.1 Å². The molecule has 14 nitrogen and oxygen atoms in total. The summed E-state index contributed by atoms with van der Waals surface area (Å²) in [6.07, 6.45) is 0.520. The predicted octanol–water partition coefficient (Wildman–Crippen LogP) is 1.22. The molecule has 0 aromatic carbocycles. The predicted molar refractivity (Wildman–Crippen MR) is 103 cm³/mol. The number of aliphatic hydroxyl groups excluding tert-OH is 1. The third-order valence-corrected chi connectivity index (χ3v) is 7.94. The normalized spacial score (nSPS) is 30.3. The van der Waals surface area contributed by atoms with Crippen LogP contribution in [0.5, 0.6) is 0 Å². The van der Waals surface area contributed by atoms with Crippen molar-refractivity contribution < 1.29 is 60.6 Å². The number of terminal acetylenes is 1. The van der Waals surface area contributed by atoms with E-state index in [0.29, 0.717) is 0 Å². The molecular formula is C11H14FN2O12P3S2. The van der Waals surface area contributed by atoms with Gasteiger partial charge in [-0.2, -0.15) is 8.62 Å². The molecule has 2 heterocycles. The lowest BCUT2D eigenvalue weighted by Gasteiger charge is -2.27. The van der Waals surface area contributed by atoms with Gasteiger partial charge in [0, 0.05) is 6.20 Å². The molecule has 1 aromatic heterocycles. The highest BCUT2D eigenvalue weighted by atomic mass is 32.1. The Morgan fingerprint density at radius 3 is 2.39 bits per heavy atom. The second-order valence-electron chi connectivity index (χ2n) is 5.81. The molecule has 2 rings (SSSR count). The van der Waals surface area contributed by atoms with Gasteiger partial charge in [-0.3, -0.25) is 9.09 Å². The Balaban J connectivity index is 2.22. The molecule has 1 fully saturated rings. The summed E-state index contributed by atoms with van der Waals surface area (Å²) in [5.41, 5.74) is -2.41. The lowest BCUT2D eigenvalue weighted by Crippen LogP contribution is -2.44. The van der Waals surface area contributed by atoms with E-state index in [4.69, 9.17) is 50.3 Å². The molecule has 31 heavy (non-hydrogen) atoms. The molecule has 1 aromatic rings. The summed E-state index contributed by atoms with van der Waals surface area (Å²) in [5, 5.41) is 10.2. The standard InChI is InChI=1S/C11H14FN2O12P3S2/c1-2-11(5-23-28(19,20)26-29(21,22)25-27(16,17)18)8(15)7(12)9(24-11)14-4-3-6(30)13-10(14)31/h1,3-4,7-9,15H,5H2,(H,19,20)(H,21,22)(H,13,30,31)(H2,16,17,18)/t7?,8-,9-,11-/m1/s1. The van der Waals surface area contributed by atoms with E-state index < -0.39 is 54.2 Å². The van der Waals surface area contributed by atoms with Gasteiger partial charge in [-0.25, -0.2) is 18.1 Å². The van der Waals surface area contributed by atoms with Crippen LogP contribution in [0.4, 0.5) is 4.39 Å². The number of hydrogen-bond acceptors (Lipinski definition) is 10. The van der Waals surface area contributed by atoms with E-state index in [9.17, 15) is 28.1 Å². The Hall–Kier alpha value is -0.660. The van der Waals surface area contributed by atoms with Crippen molar-refractivity contribution in [2.45, 2.75) is 24.1 Å². The van der Waals surface area contributed by atoms with Gasteiger partial charge < -0.3 is 34.4 Å². The molecule has 0 saturated carbocycles. The van der Waals surface area contributed by atoms with Crippen molar-refractivity contribution in [3.8, 4) is 12.3 Å². The molecule has 1 aliphatic rings. The van der Waals surface area contributed by atoms with E-state index in [1.54, 1.807) is 0 Å². The van der Waals surface area contributed by atoms with Crippen molar-refractivity contribution in [2.24, 2.45) is 0 Å². The van der Waals surface area contributed by atoms with Gasteiger partial charge in [-0.05, 0) is 18.3 Å². The monoisotopic (exact) mass is 542 g/mol. The van der Waals surface area contributed by atoms with Crippen molar-refractivity contribution in [1.82, 2.24) is 9.55 Å². The van der Waals surface area contributed by atoms with Crippen LogP contribution >= 0.6 is 47.9 Å². The molecule has 0 spiro atoms. The number of aromatic amines is 1. The highest BCUT2D eigenvalue weighted by Gasteiger charge is 2.57. The van der Waals surface area contributed by atoms with Crippen molar-refractivity contribution in [3.05, 3.63) is 21.7 Å². The SMILES string of the molecule is C#C[C@]1(COP(=O)(O)OP(=O)(O)OP(=O)(O)O)O[C@@H](n2ccc(=S)[nH]c2=S)C(F)[C@H]1O. The maximum atomic E-state index is 14.7. The third kappa shape index (κ3) is 6.67. The molecule has 0 aliphatic carbocycles. The zero-order chi connectivity index (χ0) is 23.8. The Morgan fingerprint density at radius 1 is 1.26 bits per heavy atom. The van der Waals surface area contributed by atoms with Crippen LogP contribution in [0.2, 0.25) is 0 Å². The average Bonchev–Trinajstić information content (AvgIpc) is 2.82. The second kappa shape index (κ2) is 9.30. The number of rotatable bonds is 8. The van der Waals surface area contributed by atoms with Crippen molar-refractivity contribution in [1.29, 1.82) is 0 Å². The summed E-state index contributed by atoms with van der Waals surface area (Å²) >= 11 is 9.86. The van der Waals surface area contributed by atoms with Gasteiger partial charge in [0.15, 0.2) is 22.8 Å². The topological polar surface area (TPSA) is 210 Å². The van der Waals surface area contributed by atoms with Gasteiger partial charge in [0.05, 0.1) is 0 Å². The zero-order valence-electron chi connectivity index (χ0n) is 14.7. The minimum absolute atomic E-state index is 0.104. The molecule has 3 unspecified atom stereocenters. The molecule has 0 radical (unpaired) electrons. The van der Waals surface area contributed by atoms with Crippen LogP contribution in [0.1, 0.15) is 6.23 Å². The number of phosphoric ester groups is 1. The summed E-state index contributed by atoms with van der Waals surface area (Å²) < 4.78 is 66.5. The van der Waals surface area contributed by atoms with E-state index in [-0.39, 0.29) is 9.41 Å². The first-order chi connectivity index (χ1) is 14.0. The summed E-state index contributed by atoms with van der Waals surface area (Å²) in [6.45, 7) is -1.26. The fourth-order valence-corrected chi connectivity index (χ4v) is 5.91. The maximum absolute atomic E-state index is 14.7. The van der Waals surface area contributed by atoms with Crippen LogP contribution in [0, 0.1) is 21.8 Å². The second-order valence-corrected chi connectivity index (χ2v) is 11.1. The summed E-state index contributed by atoms with van der Waals surface area (Å²) in [4.78, 5) is 38.2. The van der Waals surface area contributed by atoms with E-state index in [1.807, 2.05) is 5.92 Å². The maximum Gasteiger partial charge on any atom is 0.490 e. The number of aromatic nitrogens is 2. The number of hydrogen-bond donors (Lipinski definition) is 6. The van der Waals surface area contributed by atoms with E-state index >= 15 is 0 Å². The van der Waals surface area contributed by atoms with E-state index in [1.165, 1.54) is 12.3 Å². The van der Waals surface area contributed by atoms with Gasteiger partial charge in [0.25, 0.3) is 0 Å². The lowest BCUT2D eigenvalue weighted by molar-refractivity contribution is -0.0900. The minimum Gasteiger partial charge on any atom is -0.386 e. The molecule has 1 aliphatic heterocycles. The number of alkyl halides is 1. The molecule has 0 amide bonds. The number of H-pyrrole nitrogens is 1. The summed E-state index contributed by atoms with van der Waals surface area (Å²) in [7, 11) is -17.0. The van der Waals surface area contributed by atoms with Crippen molar-refractivity contribution in [2.75, 3.05) is 6.61 Å². The quantitative estimate of drug-likeness (QED) is 0.155. The molecule has 20 heteroatoms. The zero-order valence-corrected chi connectivity index (χ0v) is 19.1. The summed E-state index contributed by atoms with van der Waals surface area (Å²) in [5.74, 6) is 1.87. The Labute approximate surface area is 183 Å². The van der Waals surface area contributed by atoms with Crippen LogP contribution < -0.4 is 0 Å². The minimum atomic E-state index is -5.79. The number of phosphoric acid groups is 3. The molecule has 0 bridgehead atoms. The average molecular weight is 542 g/mol. The van der Waals surface area contributed by atoms with Crippen molar-refractivity contribution in [3.63, 3.8) is 0 Å². The van der Waals surface area contributed by atoms with E-state index in [0.717, 1.165) is 4.57 Å². The fraction of sp³-hybridized carbons (Fsp3) is 0.455. The highest BCUT2D eigenvalue weighted by molar-refractivity contribution is 7.72. The van der Waals surface area contributed by atoms with Crippen LogP contribution in [-0.2, 0) is 31.6 Å². The van der Waals surface area contributed by atoms with Gasteiger partial charge in [0.1, 0.15) is 17.4 Å². The number of ether oxygens (including phenoxy) is 1. The third-order valence-electron chi connectivity index (χ3n) is 3.61. The van der Waals surface area contributed by atoms with Crippen LogP contribution in [-0.4, -0.2) is 58.7 Å². The largest absolute Gasteiger partial charge is 0.490 e. The highest BCUT2D eigenvalue weighted by Crippen LogP contribution is 2.66. The molecular weight excluding hydrogens is 528 g/mol. The first-order valence-corrected chi connectivity index (χ1v) is 12.9. The number of halogens is 1. The molecule has 6 atom stereocenters. The van der Waals surface area contributed by atoms with Gasteiger partial charge in [-0.1, -0.05) is 18.1 Å². The molecule has 1 saturated heterocycles.